The first-order valence-electron chi connectivity index (χ1n) is 4.86. The number of hydrogen-bond donors (Lipinski definition) is 3. The van der Waals surface area contributed by atoms with Gasteiger partial charge in [0.25, 0.3) is 5.91 Å². The van der Waals surface area contributed by atoms with Crippen molar-refractivity contribution in [1.29, 1.82) is 0 Å². The average Bonchev–Trinajstić information content (AvgIpc) is 2.58. The molecule has 1 saturated heterocycles. The number of nitrogens with two attached hydrogens (primary N) is 1. The lowest BCUT2D eigenvalue weighted by atomic mass is 10.2. The molecule has 1 aromatic carbocycles. The molecule has 0 bridgehead atoms. The van der Waals surface area contributed by atoms with Crippen molar-refractivity contribution >= 4 is 22.2 Å². The third-order valence-corrected chi connectivity index (χ3v) is 4.03. The van der Waals surface area contributed by atoms with E-state index in [1.54, 1.807) is 24.3 Å². The van der Waals surface area contributed by atoms with Gasteiger partial charge in [-0.2, -0.15) is 10.6 Å². The highest BCUT2D eigenvalue weighted by Crippen LogP contribution is 2.43. The van der Waals surface area contributed by atoms with Crippen LogP contribution >= 0.6 is 10.6 Å². The Morgan fingerprint density at radius 1 is 1.44 bits per heavy atom. The lowest BCUT2D eigenvalue weighted by Gasteiger charge is -2.25. The van der Waals surface area contributed by atoms with Crippen LogP contribution in [-0.4, -0.2) is 38.1 Å². The Bertz CT molecular complexity index is 422. The number of carbonyl (C=O) groups excluding carboxylic acids is 1. The molecule has 0 aromatic heterocycles. The quantitative estimate of drug-likeness (QED) is 0.650. The van der Waals surface area contributed by atoms with E-state index in [1.807, 2.05) is 0 Å². The maximum Gasteiger partial charge on any atom is 0.255 e. The highest BCUT2D eigenvalue weighted by molar-refractivity contribution is 8.24. The lowest BCUT2D eigenvalue weighted by Crippen LogP contribution is -2.28. The summed E-state index contributed by atoms with van der Waals surface area (Å²) in [5, 5.41) is 0. The fourth-order valence-corrected chi connectivity index (χ4v) is 3.04. The molecule has 88 valence electrons. The minimum absolute atomic E-state index is 0.0284. The molecule has 4 N–H and O–H groups in total. The Kier molecular flexibility index (Phi) is 2.79. The number of anilines is 1. The van der Waals surface area contributed by atoms with Gasteiger partial charge in [-0.05, 0) is 18.2 Å². The summed E-state index contributed by atoms with van der Waals surface area (Å²) in [5.74, 6) is 0.0894. The van der Waals surface area contributed by atoms with Crippen molar-refractivity contribution in [3.05, 3.63) is 29.8 Å². The maximum absolute atomic E-state index is 11.9. The monoisotopic (exact) mass is 242 g/mol. The summed E-state index contributed by atoms with van der Waals surface area (Å²) >= 11 is 0. The Labute approximate surface area is 95.2 Å². The Morgan fingerprint density at radius 2 is 2.19 bits per heavy atom. The molecule has 6 heteroatoms. The van der Waals surface area contributed by atoms with Crippen molar-refractivity contribution in [3.8, 4) is 0 Å². The largest absolute Gasteiger partial charge is 0.399 e. The topological polar surface area (TPSA) is 86.8 Å². The molecule has 1 heterocycles. The summed E-state index contributed by atoms with van der Waals surface area (Å²) in [6.45, 7) is 0.385. The van der Waals surface area contributed by atoms with Gasteiger partial charge in [0.15, 0.2) is 0 Å². The minimum Gasteiger partial charge on any atom is -0.399 e. The van der Waals surface area contributed by atoms with Gasteiger partial charge in [0.1, 0.15) is 5.88 Å². The van der Waals surface area contributed by atoms with E-state index in [0.29, 0.717) is 17.8 Å². The van der Waals surface area contributed by atoms with Crippen LogP contribution in [0.2, 0.25) is 0 Å². The van der Waals surface area contributed by atoms with Gasteiger partial charge in [0.2, 0.25) is 0 Å². The first kappa shape index (κ1) is 11.3. The molecule has 2 rings (SSSR count). The molecule has 1 aliphatic heterocycles. The molecule has 1 aliphatic rings. The molecule has 0 saturated carbocycles. The van der Waals surface area contributed by atoms with Crippen LogP contribution in [0.25, 0.3) is 0 Å². The van der Waals surface area contributed by atoms with Crippen LogP contribution in [0, 0.1) is 0 Å². The SMILES string of the molecule is Nc1cccc(C(=O)N2CCS(O)(O)C2)c1. The predicted octanol–water partition coefficient (Wildman–Crippen LogP) is 1.43. The molecule has 0 aliphatic carbocycles. The summed E-state index contributed by atoms with van der Waals surface area (Å²) in [7, 11) is -2.58. The van der Waals surface area contributed by atoms with Crippen LogP contribution in [0.5, 0.6) is 0 Å². The van der Waals surface area contributed by atoms with Gasteiger partial charge in [-0.3, -0.25) is 13.9 Å². The van der Waals surface area contributed by atoms with Crippen LogP contribution < -0.4 is 5.73 Å². The van der Waals surface area contributed by atoms with E-state index >= 15 is 0 Å². The van der Waals surface area contributed by atoms with E-state index in [1.165, 1.54) is 4.90 Å². The molecular formula is C10H14N2O3S. The Balaban J connectivity index is 2.15. The highest BCUT2D eigenvalue weighted by Gasteiger charge is 2.29. The zero-order chi connectivity index (χ0) is 11.8. The summed E-state index contributed by atoms with van der Waals surface area (Å²) in [5.41, 5.74) is 6.59. The standard InChI is InChI=1S/C10H14N2O3S/c11-9-3-1-2-8(6-9)10(13)12-4-5-16(14,15)7-12/h1-3,6,14-15H,4-5,7,11H2. The van der Waals surface area contributed by atoms with Crippen LogP contribution in [0.3, 0.4) is 0 Å². The van der Waals surface area contributed by atoms with Gasteiger partial charge in [-0.15, -0.1) is 0 Å². The van der Waals surface area contributed by atoms with Gasteiger partial charge in [-0.1, -0.05) is 6.07 Å². The smallest absolute Gasteiger partial charge is 0.255 e. The molecule has 1 amide bonds. The number of carbonyl (C=O) groups is 1. The molecule has 5 nitrogen and oxygen atoms in total. The number of nitrogens with zero attached hydrogens (tertiary/aromatic N) is 1. The lowest BCUT2D eigenvalue weighted by molar-refractivity contribution is 0.0800. The van der Waals surface area contributed by atoms with Gasteiger partial charge >= 0.3 is 0 Å². The van der Waals surface area contributed by atoms with Gasteiger partial charge in [-0.25, -0.2) is 0 Å². The fraction of sp³-hybridized carbons (Fsp3) is 0.300. The minimum atomic E-state index is -2.58. The van der Waals surface area contributed by atoms with Crippen molar-refractivity contribution in [2.75, 3.05) is 23.9 Å². The summed E-state index contributed by atoms with van der Waals surface area (Å²) in [4.78, 5) is 13.4. The van der Waals surface area contributed by atoms with Crippen molar-refractivity contribution in [2.45, 2.75) is 0 Å². The Morgan fingerprint density at radius 3 is 2.75 bits per heavy atom. The third-order valence-electron chi connectivity index (χ3n) is 2.47. The second-order valence-electron chi connectivity index (χ2n) is 3.83. The van der Waals surface area contributed by atoms with Crippen LogP contribution in [0.4, 0.5) is 5.69 Å². The number of rotatable bonds is 1. The van der Waals surface area contributed by atoms with Crippen LogP contribution in [-0.2, 0) is 0 Å². The van der Waals surface area contributed by atoms with E-state index < -0.39 is 10.6 Å². The molecule has 0 spiro atoms. The fourth-order valence-electron chi connectivity index (χ4n) is 1.65. The molecule has 0 radical (unpaired) electrons. The molecular weight excluding hydrogens is 228 g/mol. The molecule has 1 fully saturated rings. The first-order chi connectivity index (χ1) is 7.48. The molecule has 0 atom stereocenters. The third kappa shape index (κ3) is 2.29. The van der Waals surface area contributed by atoms with E-state index in [2.05, 4.69) is 0 Å². The maximum atomic E-state index is 11.9. The van der Waals surface area contributed by atoms with Gasteiger partial charge in [0, 0.05) is 17.8 Å². The predicted molar refractivity (Wildman–Crippen MR) is 64.5 cm³/mol. The summed E-state index contributed by atoms with van der Waals surface area (Å²) in [6, 6.07) is 6.67. The van der Waals surface area contributed by atoms with Crippen molar-refractivity contribution in [2.24, 2.45) is 0 Å². The number of hydrogen-bond acceptors (Lipinski definition) is 4. The van der Waals surface area contributed by atoms with Crippen molar-refractivity contribution in [3.63, 3.8) is 0 Å². The second kappa shape index (κ2) is 3.97. The van der Waals surface area contributed by atoms with E-state index in [4.69, 9.17) is 5.73 Å². The summed E-state index contributed by atoms with van der Waals surface area (Å²) < 4.78 is 18.9. The van der Waals surface area contributed by atoms with Crippen molar-refractivity contribution in [1.82, 2.24) is 4.90 Å². The highest BCUT2D eigenvalue weighted by atomic mass is 32.3. The normalized spacial score (nSPS) is 20.8. The first-order valence-corrected chi connectivity index (χ1v) is 6.75. The number of benzene rings is 1. The van der Waals surface area contributed by atoms with Gasteiger partial charge in [0.05, 0.1) is 5.75 Å². The van der Waals surface area contributed by atoms with Crippen molar-refractivity contribution < 1.29 is 13.9 Å². The zero-order valence-electron chi connectivity index (χ0n) is 8.67. The molecule has 1 aromatic rings. The van der Waals surface area contributed by atoms with Crippen LogP contribution in [0.15, 0.2) is 24.3 Å². The number of amides is 1. The molecule has 16 heavy (non-hydrogen) atoms. The van der Waals surface area contributed by atoms with E-state index in [-0.39, 0.29) is 17.5 Å². The van der Waals surface area contributed by atoms with E-state index in [0.717, 1.165) is 0 Å². The van der Waals surface area contributed by atoms with Gasteiger partial charge < -0.3 is 10.6 Å². The average molecular weight is 242 g/mol. The van der Waals surface area contributed by atoms with Crippen LogP contribution in [0.1, 0.15) is 10.4 Å². The number of nitrogen functional groups attached to an aromatic ring is 1. The second-order valence-corrected chi connectivity index (χ2v) is 6.10. The zero-order valence-corrected chi connectivity index (χ0v) is 9.48. The Hall–Kier alpha value is -1.24. The molecule has 0 unspecified atom stereocenters. The van der Waals surface area contributed by atoms with E-state index in [9.17, 15) is 13.9 Å². The summed E-state index contributed by atoms with van der Waals surface area (Å²) in [6.07, 6.45) is 0.